The number of amides is 1. The molecule has 2 N–H and O–H groups in total. The molecule has 0 unspecified atom stereocenters. The third-order valence-electron chi connectivity index (χ3n) is 3.37. The van der Waals surface area contributed by atoms with Gasteiger partial charge in [-0.15, -0.1) is 0 Å². The van der Waals surface area contributed by atoms with E-state index < -0.39 is 0 Å². The summed E-state index contributed by atoms with van der Waals surface area (Å²) in [5, 5.41) is 10.8. The molecule has 0 fully saturated rings. The molecule has 3 aromatic rings. The molecule has 1 aromatic heterocycles. The van der Waals surface area contributed by atoms with Crippen LogP contribution in [0, 0.1) is 0 Å². The number of nitrogens with one attached hydrogen (secondary N) is 2. The fourth-order valence-electron chi connectivity index (χ4n) is 2.18. The van der Waals surface area contributed by atoms with Crippen LogP contribution in [0.1, 0.15) is 10.4 Å². The standard InChI is InChI=1S/C16H16N4O/c1-20(2)13-8-6-11(7-9-13)16(21)18-14-5-3-4-12-10-17-19-15(12)14/h3-10H,1-2H3,(H,17,19)(H,18,21). The third-order valence-corrected chi connectivity index (χ3v) is 3.37. The zero-order valence-corrected chi connectivity index (χ0v) is 11.9. The van der Waals surface area contributed by atoms with Gasteiger partial charge in [0, 0.05) is 30.7 Å². The topological polar surface area (TPSA) is 61.0 Å². The van der Waals surface area contributed by atoms with E-state index in [-0.39, 0.29) is 5.91 Å². The van der Waals surface area contributed by atoms with Crippen LogP contribution < -0.4 is 10.2 Å². The van der Waals surface area contributed by atoms with Gasteiger partial charge in [-0.05, 0) is 30.3 Å². The van der Waals surface area contributed by atoms with E-state index in [1.54, 1.807) is 6.20 Å². The van der Waals surface area contributed by atoms with E-state index in [9.17, 15) is 4.79 Å². The van der Waals surface area contributed by atoms with Crippen molar-refractivity contribution in [3.05, 3.63) is 54.2 Å². The van der Waals surface area contributed by atoms with E-state index in [2.05, 4.69) is 15.5 Å². The number of aromatic amines is 1. The molecule has 0 radical (unpaired) electrons. The van der Waals surface area contributed by atoms with Crippen molar-refractivity contribution < 1.29 is 4.79 Å². The first-order valence-corrected chi connectivity index (χ1v) is 6.66. The zero-order chi connectivity index (χ0) is 14.8. The lowest BCUT2D eigenvalue weighted by Crippen LogP contribution is -2.13. The molecular weight excluding hydrogens is 264 g/mol. The molecular formula is C16H16N4O. The molecule has 0 saturated carbocycles. The monoisotopic (exact) mass is 280 g/mol. The Labute approximate surface area is 122 Å². The van der Waals surface area contributed by atoms with Crippen LogP contribution >= 0.6 is 0 Å². The molecule has 1 heterocycles. The van der Waals surface area contributed by atoms with Crippen LogP contribution in [0.15, 0.2) is 48.7 Å². The maximum atomic E-state index is 12.3. The van der Waals surface area contributed by atoms with Crippen LogP contribution in [0.5, 0.6) is 0 Å². The first-order chi connectivity index (χ1) is 10.1. The number of rotatable bonds is 3. The summed E-state index contributed by atoms with van der Waals surface area (Å²) in [6.45, 7) is 0. The molecule has 0 aliphatic heterocycles. The lowest BCUT2D eigenvalue weighted by Gasteiger charge is -2.12. The third kappa shape index (κ3) is 2.58. The molecule has 2 aromatic carbocycles. The smallest absolute Gasteiger partial charge is 0.255 e. The minimum Gasteiger partial charge on any atom is -0.378 e. The number of H-pyrrole nitrogens is 1. The SMILES string of the molecule is CN(C)c1ccc(C(=O)Nc2cccc3cn[nH]c23)cc1. The molecule has 0 aliphatic carbocycles. The number of anilines is 2. The second-order valence-corrected chi connectivity index (χ2v) is 5.04. The predicted molar refractivity (Wildman–Crippen MR) is 84.8 cm³/mol. The average molecular weight is 280 g/mol. The Bertz CT molecular complexity index is 774. The Hall–Kier alpha value is -2.82. The molecule has 0 aliphatic rings. The maximum absolute atomic E-state index is 12.3. The number of nitrogens with zero attached hydrogens (tertiary/aromatic N) is 2. The molecule has 5 heteroatoms. The summed E-state index contributed by atoms with van der Waals surface area (Å²) in [6.07, 6.45) is 1.73. The Balaban J connectivity index is 1.84. The number of carbonyl (C=O) groups is 1. The highest BCUT2D eigenvalue weighted by molar-refractivity contribution is 6.08. The van der Waals surface area contributed by atoms with Gasteiger partial charge in [0.05, 0.1) is 17.4 Å². The normalized spacial score (nSPS) is 10.6. The van der Waals surface area contributed by atoms with Gasteiger partial charge in [0.1, 0.15) is 0 Å². The highest BCUT2D eigenvalue weighted by Crippen LogP contribution is 2.21. The first kappa shape index (κ1) is 13.2. The second-order valence-electron chi connectivity index (χ2n) is 5.04. The van der Waals surface area contributed by atoms with E-state index in [0.29, 0.717) is 5.56 Å². The van der Waals surface area contributed by atoms with Gasteiger partial charge in [-0.1, -0.05) is 12.1 Å². The van der Waals surface area contributed by atoms with Gasteiger partial charge < -0.3 is 10.2 Å². The number of benzene rings is 2. The maximum Gasteiger partial charge on any atom is 0.255 e. The van der Waals surface area contributed by atoms with Gasteiger partial charge in [0.25, 0.3) is 5.91 Å². The zero-order valence-electron chi connectivity index (χ0n) is 11.9. The summed E-state index contributed by atoms with van der Waals surface area (Å²) in [7, 11) is 3.93. The number of carbonyl (C=O) groups excluding carboxylic acids is 1. The average Bonchev–Trinajstić information content (AvgIpc) is 2.97. The molecule has 0 atom stereocenters. The lowest BCUT2D eigenvalue weighted by molar-refractivity contribution is 0.102. The van der Waals surface area contributed by atoms with Gasteiger partial charge in [0.15, 0.2) is 0 Å². The molecule has 21 heavy (non-hydrogen) atoms. The number of hydrogen-bond acceptors (Lipinski definition) is 3. The van der Waals surface area contributed by atoms with Crippen molar-refractivity contribution in [2.24, 2.45) is 0 Å². The molecule has 0 bridgehead atoms. The highest BCUT2D eigenvalue weighted by Gasteiger charge is 2.09. The summed E-state index contributed by atoms with van der Waals surface area (Å²) >= 11 is 0. The Morgan fingerprint density at radius 1 is 1.14 bits per heavy atom. The molecule has 106 valence electrons. The van der Waals surface area contributed by atoms with Crippen LogP contribution in [0.3, 0.4) is 0 Å². The fraction of sp³-hybridized carbons (Fsp3) is 0.125. The molecule has 0 spiro atoms. The fourth-order valence-corrected chi connectivity index (χ4v) is 2.18. The first-order valence-electron chi connectivity index (χ1n) is 6.66. The van der Waals surface area contributed by atoms with E-state index in [0.717, 1.165) is 22.3 Å². The minimum atomic E-state index is -0.137. The Kier molecular flexibility index (Phi) is 3.31. The summed E-state index contributed by atoms with van der Waals surface area (Å²) < 4.78 is 0. The predicted octanol–water partition coefficient (Wildman–Crippen LogP) is 2.88. The number of fused-ring (bicyclic) bond motifs is 1. The second kappa shape index (κ2) is 5.28. The highest BCUT2D eigenvalue weighted by atomic mass is 16.1. The van der Waals surface area contributed by atoms with E-state index >= 15 is 0 Å². The summed E-state index contributed by atoms with van der Waals surface area (Å²) in [6, 6.07) is 13.2. The molecule has 1 amide bonds. The van der Waals surface area contributed by atoms with Crippen LogP contribution in [0.25, 0.3) is 10.9 Å². The lowest BCUT2D eigenvalue weighted by atomic mass is 10.1. The van der Waals surface area contributed by atoms with Crippen LogP contribution in [0.2, 0.25) is 0 Å². The van der Waals surface area contributed by atoms with Gasteiger partial charge in [-0.3, -0.25) is 9.89 Å². The van der Waals surface area contributed by atoms with Crippen molar-refractivity contribution in [2.75, 3.05) is 24.3 Å². The molecule has 5 nitrogen and oxygen atoms in total. The number of aromatic nitrogens is 2. The van der Waals surface area contributed by atoms with E-state index in [1.807, 2.05) is 61.5 Å². The Morgan fingerprint density at radius 2 is 1.90 bits per heavy atom. The molecule has 3 rings (SSSR count). The number of para-hydroxylation sites is 1. The van der Waals surface area contributed by atoms with Gasteiger partial charge >= 0.3 is 0 Å². The van der Waals surface area contributed by atoms with E-state index in [1.165, 1.54) is 0 Å². The minimum absolute atomic E-state index is 0.137. The van der Waals surface area contributed by atoms with E-state index in [4.69, 9.17) is 0 Å². The Morgan fingerprint density at radius 3 is 2.62 bits per heavy atom. The molecule has 0 saturated heterocycles. The van der Waals surface area contributed by atoms with Crippen molar-refractivity contribution in [2.45, 2.75) is 0 Å². The van der Waals surface area contributed by atoms with Crippen LogP contribution in [0.4, 0.5) is 11.4 Å². The van der Waals surface area contributed by atoms with Crippen molar-refractivity contribution >= 4 is 28.2 Å². The van der Waals surface area contributed by atoms with Crippen molar-refractivity contribution in [3.8, 4) is 0 Å². The van der Waals surface area contributed by atoms with Crippen molar-refractivity contribution in [1.82, 2.24) is 10.2 Å². The van der Waals surface area contributed by atoms with Crippen molar-refractivity contribution in [1.29, 1.82) is 0 Å². The van der Waals surface area contributed by atoms with Gasteiger partial charge in [-0.25, -0.2) is 0 Å². The summed E-state index contributed by atoms with van der Waals surface area (Å²) in [5.74, 6) is -0.137. The van der Waals surface area contributed by atoms with Crippen molar-refractivity contribution in [3.63, 3.8) is 0 Å². The van der Waals surface area contributed by atoms with Crippen LogP contribution in [-0.2, 0) is 0 Å². The largest absolute Gasteiger partial charge is 0.378 e. The summed E-state index contributed by atoms with van der Waals surface area (Å²) in [5.41, 5.74) is 3.24. The van der Waals surface area contributed by atoms with Gasteiger partial charge in [0.2, 0.25) is 0 Å². The quantitative estimate of drug-likeness (QED) is 0.775. The summed E-state index contributed by atoms with van der Waals surface area (Å²) in [4.78, 5) is 14.3. The number of hydrogen-bond donors (Lipinski definition) is 2. The van der Waals surface area contributed by atoms with Crippen LogP contribution in [-0.4, -0.2) is 30.2 Å². The van der Waals surface area contributed by atoms with Gasteiger partial charge in [-0.2, -0.15) is 5.10 Å².